The molecule has 14 heteroatoms. The van der Waals surface area contributed by atoms with Crippen LogP contribution in [0.15, 0.2) is 110 Å². The van der Waals surface area contributed by atoms with Gasteiger partial charge in [0, 0.05) is 84.6 Å². The van der Waals surface area contributed by atoms with E-state index in [1.165, 1.54) is 12.4 Å². The van der Waals surface area contributed by atoms with E-state index in [1.54, 1.807) is 61.9 Å². The third-order valence-electron chi connectivity index (χ3n) is 10.3. The monoisotopic (exact) mass is 903 g/mol. The molecule has 0 fully saturated rings. The summed E-state index contributed by atoms with van der Waals surface area (Å²) < 4.78 is 25.0. The molecule has 0 aliphatic carbocycles. The maximum absolute atomic E-state index is 10.2. The quantitative estimate of drug-likeness (QED) is 0.0364. The zero-order valence-corrected chi connectivity index (χ0v) is 37.6. The molecular formula is C50H51Cl2N5O7. The van der Waals surface area contributed by atoms with Crippen LogP contribution in [0.5, 0.6) is 23.0 Å². The third-order valence-corrected chi connectivity index (χ3v) is 10.9. The van der Waals surface area contributed by atoms with E-state index in [-0.39, 0.29) is 39.1 Å². The number of aliphatic hydroxyl groups excluding tert-OH is 3. The second-order valence-corrected chi connectivity index (χ2v) is 15.4. The summed E-state index contributed by atoms with van der Waals surface area (Å²) in [5.41, 5.74) is 9.91. The molecule has 0 aliphatic heterocycles. The van der Waals surface area contributed by atoms with Gasteiger partial charge in [-0.15, -0.1) is 6.58 Å². The number of hydrogen-bond donors (Lipinski definition) is 5. The first-order valence-electron chi connectivity index (χ1n) is 20.2. The number of rotatable bonds is 20. The van der Waals surface area contributed by atoms with Crippen molar-refractivity contribution in [2.24, 2.45) is 0 Å². The fourth-order valence-electron chi connectivity index (χ4n) is 6.77. The topological polar surface area (TPSA) is 183 Å². The summed E-state index contributed by atoms with van der Waals surface area (Å²) in [4.78, 5) is 8.30. The van der Waals surface area contributed by atoms with Crippen LogP contribution in [0.3, 0.4) is 0 Å². The first-order chi connectivity index (χ1) is 31.0. The number of aliphatic hydroxyl groups is 3. The second kappa shape index (κ2) is 24.0. The highest BCUT2D eigenvalue weighted by Gasteiger charge is 2.18. The number of nitrogens with zero attached hydrogens (tertiary/aromatic N) is 3. The van der Waals surface area contributed by atoms with E-state index in [9.17, 15) is 15.5 Å². The first kappa shape index (κ1) is 48.7. The van der Waals surface area contributed by atoms with Crippen LogP contribution >= 0.6 is 23.2 Å². The second-order valence-electron chi connectivity index (χ2n) is 14.6. The predicted octanol–water partition coefficient (Wildman–Crippen LogP) is 9.38. The van der Waals surface area contributed by atoms with E-state index in [1.807, 2.05) is 30.3 Å². The van der Waals surface area contributed by atoms with Crippen molar-refractivity contribution >= 4 is 29.4 Å². The fourth-order valence-corrected chi connectivity index (χ4v) is 7.25. The lowest BCUT2D eigenvalue weighted by atomic mass is 9.92. The largest absolute Gasteiger partial charge is 0.488 e. The van der Waals surface area contributed by atoms with Crippen molar-refractivity contribution < 1.29 is 34.3 Å². The van der Waals surface area contributed by atoms with E-state index >= 15 is 0 Å². The Morgan fingerprint density at radius 3 is 1.77 bits per heavy atom. The lowest BCUT2D eigenvalue weighted by molar-refractivity contribution is 0.163. The third kappa shape index (κ3) is 12.7. The van der Waals surface area contributed by atoms with Crippen LogP contribution in [-0.4, -0.2) is 50.8 Å². The molecule has 64 heavy (non-hydrogen) atoms. The average molecular weight is 905 g/mol. The first-order valence-corrected chi connectivity index (χ1v) is 21.0. The molecule has 6 rings (SSSR count). The molecule has 2 unspecified atom stereocenters. The van der Waals surface area contributed by atoms with E-state index in [0.717, 1.165) is 57.2 Å². The fraction of sp³-hybridized carbons (Fsp3) is 0.240. The predicted molar refractivity (Wildman–Crippen MR) is 249 cm³/mol. The van der Waals surface area contributed by atoms with Gasteiger partial charge in [0.15, 0.2) is 0 Å². The van der Waals surface area contributed by atoms with Gasteiger partial charge in [0.25, 0.3) is 0 Å². The molecular weight excluding hydrogens is 853 g/mol. The minimum atomic E-state index is -0.661. The van der Waals surface area contributed by atoms with Crippen LogP contribution < -0.4 is 24.3 Å². The van der Waals surface area contributed by atoms with Gasteiger partial charge in [0.2, 0.25) is 0 Å². The van der Waals surface area contributed by atoms with Crippen molar-refractivity contribution in [3.05, 3.63) is 176 Å². The number of nitriles is 1. The number of aromatic nitrogens is 2. The molecule has 2 aromatic heterocycles. The van der Waals surface area contributed by atoms with Crippen LogP contribution in [-0.2, 0) is 39.6 Å². The zero-order chi connectivity index (χ0) is 46.2. The van der Waals surface area contributed by atoms with Crippen molar-refractivity contribution in [1.29, 1.82) is 10.7 Å². The standard InChI is InChI=1S/C49H47Cl2N5O6.CH4O/c1-5-45(32(4)58)56-24-39-14-43(50)48(16-46(39)59-26-35-12-33(18-52)20-54-22-35)61-28-37-8-6-10-41(30(37)2)42-11-7-9-38(31(42)3)29-62-49-17-47(40(25-57)15-44(49)51)60-27-36-13-34(19-53)21-55-23-36;1-2/h5-17,19-23,32,45,53,56-58H,1,24-29H2,2-4H3;2H,1H3. The van der Waals surface area contributed by atoms with Gasteiger partial charge in [-0.2, -0.15) is 5.26 Å². The van der Waals surface area contributed by atoms with Crippen LogP contribution in [0.25, 0.3) is 11.1 Å². The molecule has 6 aromatic rings. The van der Waals surface area contributed by atoms with Gasteiger partial charge in [-0.05, 0) is 78.4 Å². The number of hydrogen-bond acceptors (Lipinski definition) is 12. The van der Waals surface area contributed by atoms with E-state index in [0.29, 0.717) is 56.3 Å². The summed E-state index contributed by atoms with van der Waals surface area (Å²) in [7, 11) is 1.00. The Kier molecular flexibility index (Phi) is 18.2. The highest BCUT2D eigenvalue weighted by molar-refractivity contribution is 6.32. The van der Waals surface area contributed by atoms with E-state index < -0.39 is 6.10 Å². The number of benzene rings is 4. The number of nitrogens with one attached hydrogen (secondary N) is 2. The van der Waals surface area contributed by atoms with Gasteiger partial charge in [0.1, 0.15) is 55.5 Å². The van der Waals surface area contributed by atoms with Crippen molar-refractivity contribution in [1.82, 2.24) is 15.3 Å². The van der Waals surface area contributed by atoms with E-state index in [2.05, 4.69) is 53.9 Å². The molecule has 5 N–H and O–H groups in total. The lowest BCUT2D eigenvalue weighted by Gasteiger charge is -2.20. The van der Waals surface area contributed by atoms with Crippen LogP contribution in [0.2, 0.25) is 10.0 Å². The van der Waals surface area contributed by atoms with Crippen molar-refractivity contribution in [3.8, 4) is 40.2 Å². The average Bonchev–Trinajstić information content (AvgIpc) is 3.31. The van der Waals surface area contributed by atoms with Gasteiger partial charge < -0.3 is 45.0 Å². The van der Waals surface area contributed by atoms with Gasteiger partial charge in [-0.25, -0.2) is 0 Å². The van der Waals surface area contributed by atoms with Crippen molar-refractivity contribution in [2.45, 2.75) is 72.5 Å². The summed E-state index contributed by atoms with van der Waals surface area (Å²) in [6.45, 7) is 10.5. The molecule has 0 radical (unpaired) electrons. The number of ether oxygens (including phenoxy) is 4. The normalized spacial score (nSPS) is 11.6. The van der Waals surface area contributed by atoms with Crippen LogP contribution in [0.4, 0.5) is 0 Å². The Morgan fingerprint density at radius 2 is 1.25 bits per heavy atom. The summed E-state index contributed by atoms with van der Waals surface area (Å²) in [6, 6.07) is 24.3. The minimum Gasteiger partial charge on any atom is -0.488 e. The Hall–Kier alpha value is -6.30. The van der Waals surface area contributed by atoms with Crippen molar-refractivity contribution in [3.63, 3.8) is 0 Å². The Morgan fingerprint density at radius 1 is 0.734 bits per heavy atom. The summed E-state index contributed by atoms with van der Waals surface area (Å²) in [6.07, 6.45) is 8.61. The van der Waals surface area contributed by atoms with Gasteiger partial charge in [0.05, 0.1) is 34.4 Å². The highest BCUT2D eigenvalue weighted by atomic mass is 35.5. The summed E-state index contributed by atoms with van der Waals surface area (Å²) in [5.74, 6) is 1.79. The maximum atomic E-state index is 10.2. The number of pyridine rings is 2. The zero-order valence-electron chi connectivity index (χ0n) is 36.1. The van der Waals surface area contributed by atoms with Gasteiger partial charge >= 0.3 is 0 Å². The maximum Gasteiger partial charge on any atom is 0.142 e. The molecule has 0 spiro atoms. The molecule has 0 aliphatic rings. The minimum absolute atomic E-state index is 0.155. The van der Waals surface area contributed by atoms with Crippen molar-refractivity contribution in [2.75, 3.05) is 7.11 Å². The van der Waals surface area contributed by atoms with Crippen LogP contribution in [0.1, 0.15) is 62.6 Å². The smallest absolute Gasteiger partial charge is 0.142 e. The molecule has 2 atom stereocenters. The Labute approximate surface area is 383 Å². The van der Waals surface area contributed by atoms with Crippen LogP contribution in [0, 0.1) is 30.6 Å². The van der Waals surface area contributed by atoms with Gasteiger partial charge in [-0.3, -0.25) is 9.97 Å². The molecule has 0 saturated carbocycles. The van der Waals surface area contributed by atoms with E-state index in [4.69, 9.17) is 52.7 Å². The molecule has 12 nitrogen and oxygen atoms in total. The molecule has 4 aromatic carbocycles. The SMILES string of the molecule is C=CC(NCc1cc(Cl)c(OCc2cccc(-c3cccc(COc4cc(OCc5cncc(C=N)c5)c(CO)cc4Cl)c3C)c2C)cc1OCc1cncc(C#N)c1)C(C)O.CO. The number of halogens is 2. The highest BCUT2D eigenvalue weighted by Crippen LogP contribution is 2.37. The molecule has 332 valence electrons. The lowest BCUT2D eigenvalue weighted by Crippen LogP contribution is -2.36. The molecule has 2 heterocycles. The Bertz CT molecular complexity index is 2600. The van der Waals surface area contributed by atoms with Gasteiger partial charge in [-0.1, -0.05) is 65.7 Å². The molecule has 0 saturated heterocycles. The summed E-state index contributed by atoms with van der Waals surface area (Å²) >= 11 is 13.4. The molecule has 0 bridgehead atoms. The molecule has 0 amide bonds. The summed E-state index contributed by atoms with van der Waals surface area (Å²) in [5, 5.41) is 48.1. The Balaban J connectivity index is 0.00000380.